The number of nitrogens with two attached hydrogens (primary N) is 1. The van der Waals surface area contributed by atoms with Gasteiger partial charge in [-0.05, 0) is 42.9 Å². The van der Waals surface area contributed by atoms with Crippen LogP contribution in [-0.4, -0.2) is 19.3 Å². The first-order chi connectivity index (χ1) is 7.75. The predicted octanol–water partition coefficient (Wildman–Crippen LogP) is 1.91. The Balaban J connectivity index is 1.82. The van der Waals surface area contributed by atoms with Crippen LogP contribution in [0.3, 0.4) is 0 Å². The Morgan fingerprint density at radius 2 is 2.00 bits per heavy atom. The van der Waals surface area contributed by atoms with Crippen molar-refractivity contribution in [3.8, 4) is 11.5 Å². The van der Waals surface area contributed by atoms with Crippen molar-refractivity contribution in [1.82, 2.24) is 0 Å². The quantitative estimate of drug-likeness (QED) is 0.826. The number of fused-ring (bicyclic) bond motifs is 1. The molecule has 16 heavy (non-hydrogen) atoms. The van der Waals surface area contributed by atoms with Crippen molar-refractivity contribution in [2.24, 2.45) is 11.7 Å². The first-order valence-electron chi connectivity index (χ1n) is 5.91. The van der Waals surface area contributed by atoms with Crippen LogP contribution in [-0.2, 0) is 0 Å². The van der Waals surface area contributed by atoms with Crippen LogP contribution >= 0.6 is 0 Å². The van der Waals surface area contributed by atoms with Crippen molar-refractivity contribution in [3.63, 3.8) is 0 Å². The number of hydrogen-bond donors (Lipinski definition) is 1. The van der Waals surface area contributed by atoms with E-state index in [4.69, 9.17) is 15.2 Å². The molecule has 3 atom stereocenters. The summed E-state index contributed by atoms with van der Waals surface area (Å²) in [6, 6.07) is 6.56. The first-order valence-corrected chi connectivity index (χ1v) is 5.91. The van der Waals surface area contributed by atoms with Gasteiger partial charge in [-0.1, -0.05) is 6.07 Å². The SMILES string of the molecule is CC(N)C1CC1c1ccc2c(c1)OCCO2. The maximum atomic E-state index is 5.91. The highest BCUT2D eigenvalue weighted by atomic mass is 16.6. The Morgan fingerprint density at radius 3 is 2.69 bits per heavy atom. The average molecular weight is 219 g/mol. The maximum Gasteiger partial charge on any atom is 0.161 e. The minimum Gasteiger partial charge on any atom is -0.486 e. The van der Waals surface area contributed by atoms with E-state index in [2.05, 4.69) is 19.1 Å². The molecule has 2 N–H and O–H groups in total. The summed E-state index contributed by atoms with van der Waals surface area (Å²) < 4.78 is 11.1. The zero-order valence-electron chi connectivity index (χ0n) is 9.48. The van der Waals surface area contributed by atoms with Crippen molar-refractivity contribution in [2.75, 3.05) is 13.2 Å². The van der Waals surface area contributed by atoms with Gasteiger partial charge in [-0.25, -0.2) is 0 Å². The van der Waals surface area contributed by atoms with Crippen LogP contribution in [0, 0.1) is 5.92 Å². The van der Waals surface area contributed by atoms with Crippen LogP contribution < -0.4 is 15.2 Å². The molecule has 3 heteroatoms. The summed E-state index contributed by atoms with van der Waals surface area (Å²) in [5, 5.41) is 0. The summed E-state index contributed by atoms with van der Waals surface area (Å²) in [7, 11) is 0. The molecule has 1 aliphatic heterocycles. The molecule has 86 valence electrons. The fraction of sp³-hybridized carbons (Fsp3) is 0.538. The number of rotatable bonds is 2. The van der Waals surface area contributed by atoms with Crippen LogP contribution in [0.4, 0.5) is 0 Å². The van der Waals surface area contributed by atoms with Crippen molar-refractivity contribution in [3.05, 3.63) is 23.8 Å². The molecule has 0 bridgehead atoms. The molecule has 3 unspecified atom stereocenters. The van der Waals surface area contributed by atoms with Gasteiger partial charge < -0.3 is 15.2 Å². The predicted molar refractivity (Wildman–Crippen MR) is 61.9 cm³/mol. The molecule has 0 spiro atoms. The molecule has 3 rings (SSSR count). The number of benzene rings is 1. The summed E-state index contributed by atoms with van der Waals surface area (Å²) in [5.74, 6) is 3.02. The van der Waals surface area contributed by atoms with Crippen molar-refractivity contribution in [1.29, 1.82) is 0 Å². The Kier molecular flexibility index (Phi) is 2.28. The van der Waals surface area contributed by atoms with Gasteiger partial charge in [-0.15, -0.1) is 0 Å². The summed E-state index contributed by atoms with van der Waals surface area (Å²) in [6.45, 7) is 3.39. The normalized spacial score (nSPS) is 28.6. The van der Waals surface area contributed by atoms with Crippen LogP contribution in [0.15, 0.2) is 18.2 Å². The molecule has 0 aromatic heterocycles. The monoisotopic (exact) mass is 219 g/mol. The van der Waals surface area contributed by atoms with Crippen molar-refractivity contribution < 1.29 is 9.47 Å². The molecule has 3 nitrogen and oxygen atoms in total. The highest BCUT2D eigenvalue weighted by Gasteiger charge is 2.41. The molecule has 1 heterocycles. The summed E-state index contributed by atoms with van der Waals surface area (Å²) in [4.78, 5) is 0. The fourth-order valence-corrected chi connectivity index (χ4v) is 2.47. The van der Waals surface area contributed by atoms with E-state index < -0.39 is 0 Å². The van der Waals surface area contributed by atoms with E-state index in [0.29, 0.717) is 31.1 Å². The smallest absolute Gasteiger partial charge is 0.161 e. The van der Waals surface area contributed by atoms with E-state index in [1.807, 2.05) is 6.07 Å². The van der Waals surface area contributed by atoms with E-state index >= 15 is 0 Å². The third-order valence-corrected chi connectivity index (χ3v) is 3.51. The standard InChI is InChI=1S/C13H17NO2/c1-8(14)10-7-11(10)9-2-3-12-13(6-9)16-5-4-15-12/h2-3,6,8,10-11H,4-5,7,14H2,1H3. The van der Waals surface area contributed by atoms with Gasteiger partial charge in [0.25, 0.3) is 0 Å². The Labute approximate surface area is 95.5 Å². The molecule has 0 radical (unpaired) electrons. The fourth-order valence-electron chi connectivity index (χ4n) is 2.47. The van der Waals surface area contributed by atoms with Gasteiger partial charge in [0.1, 0.15) is 13.2 Å². The summed E-state index contributed by atoms with van der Waals surface area (Å²) >= 11 is 0. The van der Waals surface area contributed by atoms with Crippen molar-refractivity contribution in [2.45, 2.75) is 25.3 Å². The van der Waals surface area contributed by atoms with Crippen molar-refractivity contribution >= 4 is 0 Å². The Bertz CT molecular complexity index is 403. The van der Waals surface area contributed by atoms with Crippen LogP contribution in [0.25, 0.3) is 0 Å². The molecule has 1 aromatic rings. The second-order valence-electron chi connectivity index (χ2n) is 4.77. The van der Waals surface area contributed by atoms with E-state index in [9.17, 15) is 0 Å². The largest absolute Gasteiger partial charge is 0.486 e. The molecule has 0 amide bonds. The highest BCUT2D eigenvalue weighted by Crippen LogP contribution is 2.50. The lowest BCUT2D eigenvalue weighted by atomic mass is 10.1. The lowest BCUT2D eigenvalue weighted by Crippen LogP contribution is -2.18. The van der Waals surface area contributed by atoms with Gasteiger partial charge in [-0.2, -0.15) is 0 Å². The Hall–Kier alpha value is -1.22. The zero-order chi connectivity index (χ0) is 11.1. The van der Waals surface area contributed by atoms with Crippen LogP contribution in [0.2, 0.25) is 0 Å². The molecule has 0 saturated heterocycles. The third-order valence-electron chi connectivity index (χ3n) is 3.51. The van der Waals surface area contributed by atoms with Gasteiger partial charge in [0.15, 0.2) is 11.5 Å². The van der Waals surface area contributed by atoms with E-state index in [-0.39, 0.29) is 0 Å². The zero-order valence-corrected chi connectivity index (χ0v) is 9.48. The van der Waals surface area contributed by atoms with Gasteiger partial charge in [0.2, 0.25) is 0 Å². The van der Waals surface area contributed by atoms with E-state index in [1.165, 1.54) is 12.0 Å². The topological polar surface area (TPSA) is 44.5 Å². The van der Waals surface area contributed by atoms with Gasteiger partial charge in [-0.3, -0.25) is 0 Å². The molecule has 1 fully saturated rings. The summed E-state index contributed by atoms with van der Waals surface area (Å²) in [6.07, 6.45) is 1.21. The van der Waals surface area contributed by atoms with Crippen LogP contribution in [0.1, 0.15) is 24.8 Å². The van der Waals surface area contributed by atoms with Gasteiger partial charge >= 0.3 is 0 Å². The minimum atomic E-state index is 0.290. The molecule has 1 saturated carbocycles. The van der Waals surface area contributed by atoms with Gasteiger partial charge in [0.05, 0.1) is 0 Å². The highest BCUT2D eigenvalue weighted by molar-refractivity contribution is 5.46. The second kappa shape index (κ2) is 3.67. The Morgan fingerprint density at radius 1 is 1.25 bits per heavy atom. The number of ether oxygens (including phenoxy) is 2. The molecule has 1 aromatic carbocycles. The van der Waals surface area contributed by atoms with E-state index in [0.717, 1.165) is 11.5 Å². The average Bonchev–Trinajstić information content (AvgIpc) is 3.08. The lowest BCUT2D eigenvalue weighted by molar-refractivity contribution is 0.171. The molecular formula is C13H17NO2. The molecule has 2 aliphatic rings. The van der Waals surface area contributed by atoms with Crippen LogP contribution in [0.5, 0.6) is 11.5 Å². The molecule has 1 aliphatic carbocycles. The third kappa shape index (κ3) is 1.65. The second-order valence-corrected chi connectivity index (χ2v) is 4.77. The first kappa shape index (κ1) is 9.97. The maximum absolute atomic E-state index is 5.91. The lowest BCUT2D eigenvalue weighted by Gasteiger charge is -2.19. The minimum absolute atomic E-state index is 0.290. The summed E-state index contributed by atoms with van der Waals surface area (Å²) in [5.41, 5.74) is 7.25. The van der Waals surface area contributed by atoms with E-state index in [1.54, 1.807) is 0 Å². The molecular weight excluding hydrogens is 202 g/mol. The number of hydrogen-bond acceptors (Lipinski definition) is 3. The van der Waals surface area contributed by atoms with Gasteiger partial charge in [0, 0.05) is 6.04 Å².